The van der Waals surface area contributed by atoms with Gasteiger partial charge in [-0.15, -0.1) is 0 Å². The van der Waals surface area contributed by atoms with E-state index in [9.17, 15) is 9.59 Å². The molecule has 1 aliphatic heterocycles. The number of anilines is 2. The fraction of sp³-hybridized carbons (Fsp3) is 0.125. The monoisotopic (exact) mass is 384 g/mol. The summed E-state index contributed by atoms with van der Waals surface area (Å²) in [6.45, 7) is -0.101. The van der Waals surface area contributed by atoms with Crippen LogP contribution < -0.4 is 15.0 Å². The summed E-state index contributed by atoms with van der Waals surface area (Å²) in [6, 6.07) is 9.62. The molecule has 2 aromatic carbocycles. The first-order valence-corrected chi connectivity index (χ1v) is 8.06. The maximum Gasteiger partial charge on any atom is 0.331 e. The van der Waals surface area contributed by atoms with Crippen LogP contribution in [0.4, 0.5) is 11.4 Å². The number of halogens is 3. The molecule has 0 radical (unpaired) electrons. The average Bonchev–Trinajstić information content (AvgIpc) is 2.51. The molecule has 0 aliphatic carbocycles. The Morgan fingerprint density at radius 1 is 1.12 bits per heavy atom. The number of ether oxygens (including phenoxy) is 1. The topological polar surface area (TPSA) is 58.6 Å². The first-order valence-electron chi connectivity index (χ1n) is 6.92. The minimum Gasteiger partial charge on any atom is -0.423 e. The van der Waals surface area contributed by atoms with Crippen molar-refractivity contribution in [2.45, 2.75) is 0 Å². The van der Waals surface area contributed by atoms with Gasteiger partial charge in [-0.05, 0) is 36.4 Å². The highest BCUT2D eigenvalue weighted by molar-refractivity contribution is 6.36. The molecule has 0 aromatic heterocycles. The van der Waals surface area contributed by atoms with Gasteiger partial charge in [0.2, 0.25) is 5.91 Å². The van der Waals surface area contributed by atoms with Gasteiger partial charge in [0, 0.05) is 10.0 Å². The standard InChI is InChI=1S/C16H11Cl3N2O3/c17-9-1-3-12(11(19)5-9)20-15(22)7-21-8-16(23)24-14-4-2-10(18)6-13(14)21/h1-6H,7-8H2,(H,20,22). The van der Waals surface area contributed by atoms with Gasteiger partial charge in [0.15, 0.2) is 5.75 Å². The number of hydrogen-bond acceptors (Lipinski definition) is 4. The van der Waals surface area contributed by atoms with Gasteiger partial charge in [-0.1, -0.05) is 34.8 Å². The van der Waals surface area contributed by atoms with E-state index >= 15 is 0 Å². The number of nitrogens with zero attached hydrogens (tertiary/aromatic N) is 1. The summed E-state index contributed by atoms with van der Waals surface area (Å²) in [6.07, 6.45) is 0. The molecule has 0 bridgehead atoms. The Morgan fingerprint density at radius 2 is 1.83 bits per heavy atom. The normalized spacial score (nSPS) is 13.3. The molecule has 1 amide bonds. The lowest BCUT2D eigenvalue weighted by atomic mass is 10.2. The number of rotatable bonds is 3. The quantitative estimate of drug-likeness (QED) is 0.640. The average molecular weight is 386 g/mol. The highest BCUT2D eigenvalue weighted by Gasteiger charge is 2.26. The van der Waals surface area contributed by atoms with Crippen molar-refractivity contribution in [3.8, 4) is 5.75 Å². The molecule has 24 heavy (non-hydrogen) atoms. The zero-order valence-electron chi connectivity index (χ0n) is 12.2. The molecule has 0 saturated heterocycles. The number of nitrogens with one attached hydrogen (secondary N) is 1. The zero-order chi connectivity index (χ0) is 17.3. The SMILES string of the molecule is O=C(CN1CC(=O)Oc2ccc(Cl)cc21)Nc1ccc(Cl)cc1Cl. The van der Waals surface area contributed by atoms with Gasteiger partial charge in [-0.25, -0.2) is 4.79 Å². The molecule has 1 aliphatic rings. The second kappa shape index (κ2) is 6.89. The van der Waals surface area contributed by atoms with Crippen molar-refractivity contribution < 1.29 is 14.3 Å². The van der Waals surface area contributed by atoms with Crippen molar-refractivity contribution >= 4 is 58.1 Å². The van der Waals surface area contributed by atoms with Crippen molar-refractivity contribution in [2.75, 3.05) is 23.3 Å². The summed E-state index contributed by atoms with van der Waals surface area (Å²) >= 11 is 17.8. The molecule has 8 heteroatoms. The predicted molar refractivity (Wildman–Crippen MR) is 94.4 cm³/mol. The van der Waals surface area contributed by atoms with E-state index in [0.717, 1.165) is 0 Å². The maximum atomic E-state index is 12.3. The summed E-state index contributed by atoms with van der Waals surface area (Å²) in [4.78, 5) is 25.6. The van der Waals surface area contributed by atoms with Crippen LogP contribution >= 0.6 is 34.8 Å². The summed E-state index contributed by atoms with van der Waals surface area (Å²) in [5.74, 6) is -0.407. The van der Waals surface area contributed by atoms with Crippen LogP contribution in [0.2, 0.25) is 15.1 Å². The zero-order valence-corrected chi connectivity index (χ0v) is 14.5. The minimum absolute atomic E-state index is 0.0465. The van der Waals surface area contributed by atoms with Crippen LogP contribution in [0.5, 0.6) is 5.75 Å². The summed E-state index contributed by atoms with van der Waals surface area (Å²) in [5, 5.41) is 3.98. The van der Waals surface area contributed by atoms with E-state index in [1.54, 1.807) is 35.2 Å². The third kappa shape index (κ3) is 3.75. The molecule has 0 unspecified atom stereocenters. The van der Waals surface area contributed by atoms with Crippen LogP contribution in [-0.2, 0) is 9.59 Å². The molecule has 124 valence electrons. The van der Waals surface area contributed by atoms with Crippen LogP contribution in [-0.4, -0.2) is 25.0 Å². The molecule has 3 rings (SSSR count). The van der Waals surface area contributed by atoms with E-state index in [4.69, 9.17) is 39.5 Å². The summed E-state index contributed by atoms with van der Waals surface area (Å²) in [5.41, 5.74) is 1.02. The molecule has 0 spiro atoms. The molecule has 2 aromatic rings. The van der Waals surface area contributed by atoms with Crippen molar-refractivity contribution in [3.05, 3.63) is 51.5 Å². The van der Waals surface area contributed by atoms with E-state index in [1.165, 1.54) is 6.07 Å². The van der Waals surface area contributed by atoms with Crippen molar-refractivity contribution in [3.63, 3.8) is 0 Å². The molecule has 1 N–H and O–H groups in total. The molecule has 0 atom stereocenters. The highest BCUT2D eigenvalue weighted by atomic mass is 35.5. The van der Waals surface area contributed by atoms with E-state index in [2.05, 4.69) is 5.32 Å². The Kier molecular flexibility index (Phi) is 4.85. The molecule has 1 heterocycles. The van der Waals surface area contributed by atoms with Gasteiger partial charge >= 0.3 is 5.97 Å². The predicted octanol–water partition coefficient (Wildman–Crippen LogP) is 4.01. The molecule has 0 fully saturated rings. The number of esters is 1. The fourth-order valence-corrected chi connectivity index (χ4v) is 2.94. The van der Waals surface area contributed by atoms with Crippen molar-refractivity contribution in [1.29, 1.82) is 0 Å². The smallest absolute Gasteiger partial charge is 0.331 e. The largest absolute Gasteiger partial charge is 0.423 e. The van der Waals surface area contributed by atoms with E-state index in [-0.39, 0.29) is 19.0 Å². The van der Waals surface area contributed by atoms with E-state index in [1.807, 2.05) is 0 Å². The van der Waals surface area contributed by atoms with Gasteiger partial charge in [0.05, 0.1) is 22.9 Å². The van der Waals surface area contributed by atoms with Crippen LogP contribution in [0.3, 0.4) is 0 Å². The number of fused-ring (bicyclic) bond motifs is 1. The van der Waals surface area contributed by atoms with Crippen LogP contribution in [0.1, 0.15) is 0 Å². The lowest BCUT2D eigenvalue weighted by Gasteiger charge is -2.29. The Morgan fingerprint density at radius 3 is 2.58 bits per heavy atom. The van der Waals surface area contributed by atoms with Crippen LogP contribution in [0.15, 0.2) is 36.4 Å². The van der Waals surface area contributed by atoms with Crippen molar-refractivity contribution in [1.82, 2.24) is 0 Å². The number of hydrogen-bond donors (Lipinski definition) is 1. The Labute approximate surface area is 153 Å². The summed E-state index contributed by atoms with van der Waals surface area (Å²) < 4.78 is 5.14. The van der Waals surface area contributed by atoms with Gasteiger partial charge in [-0.3, -0.25) is 4.79 Å². The first-order chi connectivity index (χ1) is 11.4. The number of benzene rings is 2. The molecule has 0 saturated carbocycles. The van der Waals surface area contributed by atoms with Gasteiger partial charge in [0.25, 0.3) is 0 Å². The fourth-order valence-electron chi connectivity index (χ4n) is 2.31. The minimum atomic E-state index is -0.442. The summed E-state index contributed by atoms with van der Waals surface area (Å²) in [7, 11) is 0. The van der Waals surface area contributed by atoms with E-state index in [0.29, 0.717) is 32.2 Å². The maximum absolute atomic E-state index is 12.3. The van der Waals surface area contributed by atoms with Gasteiger partial charge in [-0.2, -0.15) is 0 Å². The highest BCUT2D eigenvalue weighted by Crippen LogP contribution is 2.34. The number of amides is 1. The van der Waals surface area contributed by atoms with E-state index < -0.39 is 5.97 Å². The second-order valence-electron chi connectivity index (χ2n) is 5.11. The van der Waals surface area contributed by atoms with Gasteiger partial charge in [0.1, 0.15) is 6.54 Å². The number of carbonyl (C=O) groups is 2. The van der Waals surface area contributed by atoms with Crippen LogP contribution in [0, 0.1) is 0 Å². The van der Waals surface area contributed by atoms with Crippen molar-refractivity contribution in [2.24, 2.45) is 0 Å². The van der Waals surface area contributed by atoms with Crippen LogP contribution in [0.25, 0.3) is 0 Å². The second-order valence-corrected chi connectivity index (χ2v) is 6.39. The molecular formula is C16H11Cl3N2O3. The Bertz CT molecular complexity index is 826. The number of carbonyl (C=O) groups excluding carboxylic acids is 2. The first kappa shape index (κ1) is 16.9. The third-order valence-corrected chi connectivity index (χ3v) is 4.13. The third-order valence-electron chi connectivity index (χ3n) is 3.35. The lowest BCUT2D eigenvalue weighted by molar-refractivity contribution is -0.133. The molecular weight excluding hydrogens is 375 g/mol. The lowest BCUT2D eigenvalue weighted by Crippen LogP contribution is -2.41. The van der Waals surface area contributed by atoms with Gasteiger partial charge < -0.3 is 15.0 Å². The Hall–Kier alpha value is -1.95. The molecule has 5 nitrogen and oxygen atoms in total. The Balaban J connectivity index is 1.77.